The molecule has 90 valence electrons. The van der Waals surface area contributed by atoms with E-state index in [1.807, 2.05) is 25.8 Å². The Kier molecular flexibility index (Phi) is 4.80. The zero-order valence-corrected chi connectivity index (χ0v) is 10.7. The number of halogens is 1. The van der Waals surface area contributed by atoms with Crippen LogP contribution in [0.15, 0.2) is 12.5 Å². The zero-order valence-electron chi connectivity index (χ0n) is 9.98. The van der Waals surface area contributed by atoms with E-state index >= 15 is 0 Å². The van der Waals surface area contributed by atoms with E-state index in [-0.39, 0.29) is 11.9 Å². The monoisotopic (exact) mass is 243 g/mol. The number of aryl methyl sites for hydroxylation is 1. The summed E-state index contributed by atoms with van der Waals surface area (Å²) in [6, 6.07) is 0.172. The number of carbonyl (C=O) groups excluding carboxylic acids is 1. The summed E-state index contributed by atoms with van der Waals surface area (Å²) < 4.78 is 1.73. The maximum atomic E-state index is 12.2. The molecule has 0 N–H and O–H groups in total. The van der Waals surface area contributed by atoms with Crippen molar-refractivity contribution in [3.05, 3.63) is 18.2 Å². The average Bonchev–Trinajstić information content (AvgIpc) is 2.64. The van der Waals surface area contributed by atoms with E-state index in [0.29, 0.717) is 18.1 Å². The van der Waals surface area contributed by atoms with E-state index in [1.54, 1.807) is 17.1 Å². The standard InChI is InChI=1S/C11H18ClN3O/c1-9(2)15(6-4-5-12)11(16)10-7-13-8-14(10)3/h7-9H,4-6H2,1-3H3. The van der Waals surface area contributed by atoms with Gasteiger partial charge in [-0.3, -0.25) is 4.79 Å². The summed E-state index contributed by atoms with van der Waals surface area (Å²) in [5.74, 6) is 0.585. The lowest BCUT2D eigenvalue weighted by Crippen LogP contribution is -2.38. The summed E-state index contributed by atoms with van der Waals surface area (Å²) in [4.78, 5) is 18.0. The van der Waals surface area contributed by atoms with E-state index in [4.69, 9.17) is 11.6 Å². The molecule has 0 bridgehead atoms. The van der Waals surface area contributed by atoms with E-state index in [9.17, 15) is 4.79 Å². The first-order valence-corrected chi connectivity index (χ1v) is 5.94. The predicted octanol–water partition coefficient (Wildman–Crippen LogP) is 1.90. The highest BCUT2D eigenvalue weighted by atomic mass is 35.5. The fourth-order valence-corrected chi connectivity index (χ4v) is 1.65. The van der Waals surface area contributed by atoms with Gasteiger partial charge in [0, 0.05) is 25.5 Å². The fraction of sp³-hybridized carbons (Fsp3) is 0.636. The number of rotatable bonds is 5. The van der Waals surface area contributed by atoms with Crippen molar-refractivity contribution in [1.29, 1.82) is 0 Å². The van der Waals surface area contributed by atoms with Crippen molar-refractivity contribution in [3.63, 3.8) is 0 Å². The first kappa shape index (κ1) is 13.0. The Bertz CT molecular complexity index is 349. The predicted molar refractivity (Wildman–Crippen MR) is 64.7 cm³/mol. The molecule has 1 rings (SSSR count). The normalized spacial score (nSPS) is 10.8. The number of nitrogens with zero attached hydrogens (tertiary/aromatic N) is 3. The van der Waals surface area contributed by atoms with Gasteiger partial charge in [-0.2, -0.15) is 0 Å². The van der Waals surface area contributed by atoms with Crippen LogP contribution in [0, 0.1) is 0 Å². The Morgan fingerprint density at radius 2 is 2.31 bits per heavy atom. The van der Waals surface area contributed by atoms with Crippen molar-refractivity contribution in [2.75, 3.05) is 12.4 Å². The number of carbonyl (C=O) groups is 1. The molecule has 0 aliphatic carbocycles. The van der Waals surface area contributed by atoms with Gasteiger partial charge in [-0.15, -0.1) is 11.6 Å². The highest BCUT2D eigenvalue weighted by molar-refractivity contribution is 6.17. The van der Waals surface area contributed by atoms with Crippen LogP contribution in [0.5, 0.6) is 0 Å². The molecule has 5 heteroatoms. The molecule has 0 fully saturated rings. The number of imidazole rings is 1. The molecule has 0 unspecified atom stereocenters. The van der Waals surface area contributed by atoms with Crippen LogP contribution in [0.25, 0.3) is 0 Å². The molecule has 0 saturated heterocycles. The molecule has 1 heterocycles. The molecule has 0 radical (unpaired) electrons. The molecular formula is C11H18ClN3O. The molecule has 0 aliphatic heterocycles. The van der Waals surface area contributed by atoms with Gasteiger partial charge in [0.25, 0.3) is 5.91 Å². The fourth-order valence-electron chi connectivity index (χ4n) is 1.53. The van der Waals surface area contributed by atoms with E-state index in [2.05, 4.69) is 4.98 Å². The summed E-state index contributed by atoms with van der Waals surface area (Å²) in [5, 5.41) is 0. The second-order valence-electron chi connectivity index (χ2n) is 4.02. The lowest BCUT2D eigenvalue weighted by atomic mass is 10.2. The SMILES string of the molecule is CC(C)N(CCCCl)C(=O)c1cncn1C. The van der Waals surface area contributed by atoms with Gasteiger partial charge >= 0.3 is 0 Å². The van der Waals surface area contributed by atoms with Crippen LogP contribution < -0.4 is 0 Å². The molecule has 0 aliphatic rings. The third-order valence-electron chi connectivity index (χ3n) is 2.45. The molecule has 0 aromatic carbocycles. The summed E-state index contributed by atoms with van der Waals surface area (Å²) in [5.41, 5.74) is 0.614. The molecule has 16 heavy (non-hydrogen) atoms. The van der Waals surface area contributed by atoms with Crippen molar-refractivity contribution in [3.8, 4) is 0 Å². The van der Waals surface area contributed by atoms with Crippen LogP contribution in [0.2, 0.25) is 0 Å². The number of hydrogen-bond donors (Lipinski definition) is 0. The topological polar surface area (TPSA) is 38.1 Å². The molecule has 1 aromatic rings. The largest absolute Gasteiger partial charge is 0.335 e. The Morgan fingerprint density at radius 1 is 1.62 bits per heavy atom. The van der Waals surface area contributed by atoms with Gasteiger partial charge in [-0.1, -0.05) is 0 Å². The minimum Gasteiger partial charge on any atom is -0.335 e. The number of amides is 1. The number of aromatic nitrogens is 2. The van der Waals surface area contributed by atoms with Crippen LogP contribution in [0.3, 0.4) is 0 Å². The van der Waals surface area contributed by atoms with Gasteiger partial charge < -0.3 is 9.47 Å². The Balaban J connectivity index is 2.79. The van der Waals surface area contributed by atoms with Crippen LogP contribution in [0.1, 0.15) is 30.8 Å². The highest BCUT2D eigenvalue weighted by Crippen LogP contribution is 2.08. The molecule has 0 spiro atoms. The van der Waals surface area contributed by atoms with Crippen molar-refractivity contribution >= 4 is 17.5 Å². The van der Waals surface area contributed by atoms with Gasteiger partial charge in [0.05, 0.1) is 12.5 Å². The zero-order chi connectivity index (χ0) is 12.1. The van der Waals surface area contributed by atoms with Crippen molar-refractivity contribution in [1.82, 2.24) is 14.5 Å². The van der Waals surface area contributed by atoms with E-state index < -0.39 is 0 Å². The minimum absolute atomic E-state index is 0.0140. The first-order chi connectivity index (χ1) is 7.57. The van der Waals surface area contributed by atoms with Gasteiger partial charge in [0.15, 0.2) is 0 Å². The smallest absolute Gasteiger partial charge is 0.272 e. The quantitative estimate of drug-likeness (QED) is 0.741. The lowest BCUT2D eigenvalue weighted by Gasteiger charge is -2.26. The van der Waals surface area contributed by atoms with Crippen LogP contribution in [-0.2, 0) is 7.05 Å². The summed E-state index contributed by atoms with van der Waals surface area (Å²) in [7, 11) is 1.82. The lowest BCUT2D eigenvalue weighted by molar-refractivity contribution is 0.0696. The third kappa shape index (κ3) is 2.98. The first-order valence-electron chi connectivity index (χ1n) is 5.41. The van der Waals surface area contributed by atoms with Crippen molar-refractivity contribution in [2.24, 2.45) is 7.05 Å². The molecule has 1 aromatic heterocycles. The summed E-state index contributed by atoms with van der Waals surface area (Å²) in [6.45, 7) is 4.69. The van der Waals surface area contributed by atoms with Gasteiger partial charge in [0.2, 0.25) is 0 Å². The number of hydrogen-bond acceptors (Lipinski definition) is 2. The van der Waals surface area contributed by atoms with Gasteiger partial charge in [-0.05, 0) is 20.3 Å². The molecule has 0 atom stereocenters. The second kappa shape index (κ2) is 5.89. The Morgan fingerprint density at radius 3 is 2.75 bits per heavy atom. The number of alkyl halides is 1. The van der Waals surface area contributed by atoms with Gasteiger partial charge in [-0.25, -0.2) is 4.98 Å². The molecule has 1 amide bonds. The molecule has 4 nitrogen and oxygen atoms in total. The molecule has 0 saturated carbocycles. The van der Waals surface area contributed by atoms with Crippen LogP contribution in [0.4, 0.5) is 0 Å². The van der Waals surface area contributed by atoms with Crippen LogP contribution in [-0.4, -0.2) is 38.8 Å². The Labute approximate surface area is 101 Å². The van der Waals surface area contributed by atoms with E-state index in [0.717, 1.165) is 6.42 Å². The average molecular weight is 244 g/mol. The van der Waals surface area contributed by atoms with Crippen LogP contribution >= 0.6 is 11.6 Å². The maximum Gasteiger partial charge on any atom is 0.272 e. The van der Waals surface area contributed by atoms with E-state index in [1.165, 1.54) is 0 Å². The minimum atomic E-state index is 0.0140. The Hall–Kier alpha value is -1.03. The highest BCUT2D eigenvalue weighted by Gasteiger charge is 2.20. The molecular weight excluding hydrogens is 226 g/mol. The second-order valence-corrected chi connectivity index (χ2v) is 4.40. The van der Waals surface area contributed by atoms with Gasteiger partial charge in [0.1, 0.15) is 5.69 Å². The third-order valence-corrected chi connectivity index (χ3v) is 2.72. The summed E-state index contributed by atoms with van der Waals surface area (Å²) >= 11 is 5.66. The summed E-state index contributed by atoms with van der Waals surface area (Å²) in [6.07, 6.45) is 4.04. The maximum absolute atomic E-state index is 12.2. The van der Waals surface area contributed by atoms with Crippen molar-refractivity contribution in [2.45, 2.75) is 26.3 Å². The van der Waals surface area contributed by atoms with Crippen molar-refractivity contribution < 1.29 is 4.79 Å².